The first-order chi connectivity index (χ1) is 9.46. The highest BCUT2D eigenvalue weighted by atomic mass is 32.2. The Kier molecular flexibility index (Phi) is 4.67. The van der Waals surface area contributed by atoms with Crippen LogP contribution in [0.5, 0.6) is 0 Å². The smallest absolute Gasteiger partial charge is 0.245 e. The highest BCUT2D eigenvalue weighted by Crippen LogP contribution is 2.29. The molecule has 1 heterocycles. The lowest BCUT2D eigenvalue weighted by atomic mass is 10.0. The van der Waals surface area contributed by atoms with E-state index in [1.165, 1.54) is 0 Å². The van der Waals surface area contributed by atoms with Gasteiger partial charge in [-0.05, 0) is 37.3 Å². The van der Waals surface area contributed by atoms with Crippen molar-refractivity contribution in [3.8, 4) is 0 Å². The summed E-state index contributed by atoms with van der Waals surface area (Å²) in [5.74, 6) is 0.258. The zero-order valence-electron chi connectivity index (χ0n) is 12.0. The number of methoxy groups -OCH3 is 1. The molecule has 2 N–H and O–H groups in total. The predicted molar refractivity (Wildman–Crippen MR) is 79.0 cm³/mol. The van der Waals surface area contributed by atoms with Gasteiger partial charge >= 0.3 is 0 Å². The highest BCUT2D eigenvalue weighted by Gasteiger charge is 2.32. The number of piperidine rings is 1. The summed E-state index contributed by atoms with van der Waals surface area (Å²) in [4.78, 5) is 0.248. The van der Waals surface area contributed by atoms with Gasteiger partial charge in [0.05, 0.1) is 12.3 Å². The zero-order valence-corrected chi connectivity index (χ0v) is 12.8. The molecule has 0 radical (unpaired) electrons. The Labute approximate surface area is 120 Å². The lowest BCUT2D eigenvalue weighted by Crippen LogP contribution is -2.41. The van der Waals surface area contributed by atoms with Gasteiger partial charge in [-0.25, -0.2) is 8.42 Å². The maximum Gasteiger partial charge on any atom is 0.245 e. The maximum absolute atomic E-state index is 12.8. The van der Waals surface area contributed by atoms with Crippen LogP contribution in [0.4, 0.5) is 5.69 Å². The monoisotopic (exact) mass is 298 g/mol. The van der Waals surface area contributed by atoms with Crippen molar-refractivity contribution in [2.45, 2.75) is 24.7 Å². The number of rotatable bonds is 4. The molecule has 112 valence electrons. The Bertz CT molecular complexity index is 550. The van der Waals surface area contributed by atoms with Gasteiger partial charge in [0.25, 0.3) is 0 Å². The van der Waals surface area contributed by atoms with Crippen molar-refractivity contribution in [3.05, 3.63) is 23.8 Å². The third-order valence-electron chi connectivity index (χ3n) is 3.72. The number of benzene rings is 1. The second kappa shape index (κ2) is 6.11. The van der Waals surface area contributed by atoms with Gasteiger partial charge in [-0.2, -0.15) is 4.31 Å². The fourth-order valence-corrected chi connectivity index (χ4v) is 4.65. The van der Waals surface area contributed by atoms with E-state index in [-0.39, 0.29) is 10.8 Å². The van der Waals surface area contributed by atoms with E-state index >= 15 is 0 Å². The quantitative estimate of drug-likeness (QED) is 0.857. The van der Waals surface area contributed by atoms with Crippen molar-refractivity contribution in [2.24, 2.45) is 5.92 Å². The average Bonchev–Trinajstić information content (AvgIpc) is 2.39. The molecule has 0 spiro atoms. The molecule has 6 heteroatoms. The van der Waals surface area contributed by atoms with Crippen molar-refractivity contribution < 1.29 is 13.2 Å². The minimum absolute atomic E-state index is 0.248. The van der Waals surface area contributed by atoms with Gasteiger partial charge in [0.15, 0.2) is 0 Å². The molecule has 0 aromatic heterocycles. The van der Waals surface area contributed by atoms with Crippen LogP contribution in [-0.2, 0) is 14.8 Å². The zero-order chi connectivity index (χ0) is 14.8. The fraction of sp³-hybridized carbons (Fsp3) is 0.571. The normalized spacial score (nSPS) is 21.0. The lowest BCUT2D eigenvalue weighted by molar-refractivity contribution is 0.118. The van der Waals surface area contributed by atoms with Crippen LogP contribution in [0, 0.1) is 12.8 Å². The molecule has 1 atom stereocenters. The Morgan fingerprint density at radius 3 is 2.85 bits per heavy atom. The summed E-state index contributed by atoms with van der Waals surface area (Å²) >= 11 is 0. The van der Waals surface area contributed by atoms with Gasteiger partial charge in [-0.1, -0.05) is 12.1 Å². The van der Waals surface area contributed by atoms with Crippen LogP contribution in [0.15, 0.2) is 23.1 Å². The predicted octanol–water partition coefficient (Wildman–Crippen LogP) is 1.62. The minimum atomic E-state index is -3.52. The van der Waals surface area contributed by atoms with Crippen LogP contribution in [0.1, 0.15) is 18.4 Å². The van der Waals surface area contributed by atoms with Crippen molar-refractivity contribution >= 4 is 15.7 Å². The molecular formula is C14H22N2O3S. The number of ether oxygens (including phenoxy) is 1. The number of hydrogen-bond donors (Lipinski definition) is 1. The molecule has 1 aliphatic heterocycles. The Balaban J connectivity index is 2.30. The first-order valence-corrected chi connectivity index (χ1v) is 8.25. The third kappa shape index (κ3) is 2.97. The molecule has 5 nitrogen and oxygen atoms in total. The fourth-order valence-electron chi connectivity index (χ4n) is 2.77. The standard InChI is InChI=1S/C14H22N2O3S/c1-11-5-3-7-13(15)14(11)20(17,18)16-8-4-6-12(9-16)10-19-2/h3,5,7,12H,4,6,8-10,15H2,1-2H3. The molecule has 20 heavy (non-hydrogen) atoms. The van der Waals surface area contributed by atoms with Crippen LogP contribution in [0.3, 0.4) is 0 Å². The number of anilines is 1. The first kappa shape index (κ1) is 15.3. The van der Waals surface area contributed by atoms with Gasteiger partial charge < -0.3 is 10.5 Å². The summed E-state index contributed by atoms with van der Waals surface area (Å²) in [5.41, 5.74) is 6.89. The second-order valence-electron chi connectivity index (χ2n) is 5.32. The maximum atomic E-state index is 12.8. The molecule has 0 bridgehead atoms. The van der Waals surface area contributed by atoms with Crippen molar-refractivity contribution in [3.63, 3.8) is 0 Å². The second-order valence-corrected chi connectivity index (χ2v) is 7.19. The number of nitrogen functional groups attached to an aromatic ring is 1. The van der Waals surface area contributed by atoms with Crippen LogP contribution in [-0.4, -0.2) is 39.5 Å². The topological polar surface area (TPSA) is 72.6 Å². The van der Waals surface area contributed by atoms with Crippen LogP contribution >= 0.6 is 0 Å². The Hall–Kier alpha value is -1.11. The Morgan fingerprint density at radius 2 is 2.20 bits per heavy atom. The van der Waals surface area contributed by atoms with Gasteiger partial charge in [0.1, 0.15) is 4.90 Å². The summed E-state index contributed by atoms with van der Waals surface area (Å²) in [6, 6.07) is 5.18. The van der Waals surface area contributed by atoms with E-state index in [2.05, 4.69) is 0 Å². The minimum Gasteiger partial charge on any atom is -0.398 e. The number of sulfonamides is 1. The molecule has 0 aliphatic carbocycles. The number of aryl methyl sites for hydroxylation is 1. The van der Waals surface area contributed by atoms with E-state index in [4.69, 9.17) is 10.5 Å². The van der Waals surface area contributed by atoms with E-state index in [0.29, 0.717) is 30.9 Å². The molecule has 0 saturated carbocycles. The molecule has 2 rings (SSSR count). The van der Waals surface area contributed by atoms with E-state index in [9.17, 15) is 8.42 Å². The van der Waals surface area contributed by atoms with Crippen molar-refractivity contribution in [1.82, 2.24) is 4.31 Å². The highest BCUT2D eigenvalue weighted by molar-refractivity contribution is 7.89. The van der Waals surface area contributed by atoms with Gasteiger partial charge in [0.2, 0.25) is 10.0 Å². The van der Waals surface area contributed by atoms with E-state index in [0.717, 1.165) is 12.8 Å². The first-order valence-electron chi connectivity index (χ1n) is 6.81. The van der Waals surface area contributed by atoms with Gasteiger partial charge in [-0.3, -0.25) is 0 Å². The van der Waals surface area contributed by atoms with E-state index in [1.807, 2.05) is 0 Å². The van der Waals surface area contributed by atoms with Crippen LogP contribution < -0.4 is 5.73 Å². The summed E-state index contributed by atoms with van der Waals surface area (Å²) in [6.45, 7) is 3.43. The molecule has 1 saturated heterocycles. The van der Waals surface area contributed by atoms with Crippen LogP contribution in [0.2, 0.25) is 0 Å². The lowest BCUT2D eigenvalue weighted by Gasteiger charge is -2.32. The molecule has 1 aromatic rings. The molecule has 1 aromatic carbocycles. The van der Waals surface area contributed by atoms with Gasteiger partial charge in [0, 0.05) is 20.2 Å². The van der Waals surface area contributed by atoms with Crippen molar-refractivity contribution in [1.29, 1.82) is 0 Å². The van der Waals surface area contributed by atoms with Crippen LogP contribution in [0.25, 0.3) is 0 Å². The number of nitrogens with two attached hydrogens (primary N) is 1. The van der Waals surface area contributed by atoms with Crippen molar-refractivity contribution in [2.75, 3.05) is 32.5 Å². The summed E-state index contributed by atoms with van der Waals surface area (Å²) in [7, 11) is -1.88. The Morgan fingerprint density at radius 1 is 1.45 bits per heavy atom. The van der Waals surface area contributed by atoms with E-state index in [1.54, 1.807) is 36.5 Å². The third-order valence-corrected chi connectivity index (χ3v) is 5.81. The average molecular weight is 298 g/mol. The summed E-state index contributed by atoms with van der Waals surface area (Å²) < 4.78 is 32.3. The van der Waals surface area contributed by atoms with E-state index < -0.39 is 10.0 Å². The number of nitrogens with zero attached hydrogens (tertiary/aromatic N) is 1. The van der Waals surface area contributed by atoms with Gasteiger partial charge in [-0.15, -0.1) is 0 Å². The molecule has 1 unspecified atom stereocenters. The SMILES string of the molecule is COCC1CCCN(S(=O)(=O)c2c(C)cccc2N)C1. The summed E-state index contributed by atoms with van der Waals surface area (Å²) in [5, 5.41) is 0. The summed E-state index contributed by atoms with van der Waals surface area (Å²) in [6.07, 6.45) is 1.86. The molecule has 0 amide bonds. The number of hydrogen-bond acceptors (Lipinski definition) is 4. The molecule has 1 aliphatic rings. The largest absolute Gasteiger partial charge is 0.398 e. The molecular weight excluding hydrogens is 276 g/mol. The molecule has 1 fully saturated rings.